The predicted molar refractivity (Wildman–Crippen MR) is 59.4 cm³/mol. The average molecular weight is 175 g/mol. The smallest absolute Gasteiger partial charge is 0.0133 e. The van der Waals surface area contributed by atoms with Gasteiger partial charge >= 0.3 is 0 Å². The fourth-order valence-electron chi connectivity index (χ4n) is 1.38. The van der Waals surface area contributed by atoms with Gasteiger partial charge in [-0.2, -0.15) is 0 Å². The van der Waals surface area contributed by atoms with E-state index in [-0.39, 0.29) is 0 Å². The van der Waals surface area contributed by atoms with Crippen LogP contribution in [0, 0.1) is 6.42 Å². The van der Waals surface area contributed by atoms with Gasteiger partial charge in [-0.1, -0.05) is 42.9 Å². The van der Waals surface area contributed by atoms with Gasteiger partial charge < -0.3 is 0 Å². The van der Waals surface area contributed by atoms with Crippen molar-refractivity contribution in [1.29, 1.82) is 0 Å². The molecule has 0 heterocycles. The van der Waals surface area contributed by atoms with Crippen molar-refractivity contribution in [2.75, 3.05) is 0 Å². The van der Waals surface area contributed by atoms with Gasteiger partial charge in [-0.25, -0.2) is 0 Å². The Bertz CT molecular complexity index is 184. The maximum Gasteiger partial charge on any atom is -0.0133 e. The summed E-state index contributed by atoms with van der Waals surface area (Å²) in [5.41, 5.74) is 0. The molecule has 1 rings (SSSR count). The SMILES string of the molecule is [CH]1C=CCCCCCC=CC=CC1. The fraction of sp³-hybridized carbons (Fsp3) is 0.462. The molecule has 71 valence electrons. The van der Waals surface area contributed by atoms with E-state index >= 15 is 0 Å². The minimum atomic E-state index is 1.06. The van der Waals surface area contributed by atoms with Crippen LogP contribution < -0.4 is 0 Å². The zero-order chi connectivity index (χ0) is 9.19. The maximum atomic E-state index is 2.28. The second-order valence-corrected chi connectivity index (χ2v) is 3.39. The Morgan fingerprint density at radius 1 is 0.615 bits per heavy atom. The molecule has 0 saturated carbocycles. The van der Waals surface area contributed by atoms with E-state index in [1.807, 2.05) is 0 Å². The van der Waals surface area contributed by atoms with Gasteiger partial charge in [-0.05, 0) is 38.5 Å². The van der Waals surface area contributed by atoms with Gasteiger partial charge in [0.2, 0.25) is 0 Å². The summed E-state index contributed by atoms with van der Waals surface area (Å²) >= 11 is 0. The Morgan fingerprint density at radius 3 is 2.15 bits per heavy atom. The third kappa shape index (κ3) is 6.39. The fourth-order valence-corrected chi connectivity index (χ4v) is 1.38. The van der Waals surface area contributed by atoms with Crippen molar-refractivity contribution in [3.8, 4) is 0 Å². The van der Waals surface area contributed by atoms with E-state index < -0.39 is 0 Å². The summed E-state index contributed by atoms with van der Waals surface area (Å²) in [5, 5.41) is 0. The van der Waals surface area contributed by atoms with Crippen LogP contribution in [-0.2, 0) is 0 Å². The molecule has 0 saturated heterocycles. The molecule has 1 radical (unpaired) electrons. The molecule has 0 N–H and O–H groups in total. The summed E-state index contributed by atoms with van der Waals surface area (Å²) in [6.07, 6.45) is 23.0. The number of allylic oxidation sites excluding steroid dienone is 6. The van der Waals surface area contributed by atoms with Crippen molar-refractivity contribution in [3.63, 3.8) is 0 Å². The van der Waals surface area contributed by atoms with E-state index in [4.69, 9.17) is 0 Å². The van der Waals surface area contributed by atoms with Crippen molar-refractivity contribution in [2.24, 2.45) is 0 Å². The summed E-state index contributed by atoms with van der Waals surface area (Å²) in [6.45, 7) is 0. The zero-order valence-corrected chi connectivity index (χ0v) is 8.28. The minimum absolute atomic E-state index is 1.06. The number of hydrogen-bond acceptors (Lipinski definition) is 0. The van der Waals surface area contributed by atoms with Gasteiger partial charge in [0.05, 0.1) is 0 Å². The lowest BCUT2D eigenvalue weighted by Crippen LogP contribution is -1.74. The Labute approximate surface area is 82.0 Å². The normalized spacial score (nSPS) is 20.3. The lowest BCUT2D eigenvalue weighted by atomic mass is 10.1. The Morgan fingerprint density at radius 2 is 1.31 bits per heavy atom. The van der Waals surface area contributed by atoms with E-state index in [2.05, 4.69) is 42.9 Å². The third-order valence-electron chi connectivity index (χ3n) is 2.17. The lowest BCUT2D eigenvalue weighted by molar-refractivity contribution is 0.696. The minimum Gasteiger partial charge on any atom is -0.0882 e. The van der Waals surface area contributed by atoms with Crippen LogP contribution in [0.25, 0.3) is 0 Å². The molecular weight excluding hydrogens is 156 g/mol. The standard InChI is InChI=1S/C13H19/c1-2-4-6-8-10-12-13-11-9-7-5-3-1/h1-4,7,9,11H,5-6,8,10,12-13H2. The highest BCUT2D eigenvalue weighted by molar-refractivity contribution is 5.06. The van der Waals surface area contributed by atoms with Crippen molar-refractivity contribution >= 4 is 0 Å². The highest BCUT2D eigenvalue weighted by atomic mass is 13.9. The summed E-state index contributed by atoms with van der Waals surface area (Å²) in [5.74, 6) is 0. The Hall–Kier alpha value is -0.780. The van der Waals surface area contributed by atoms with Gasteiger partial charge in [0.1, 0.15) is 0 Å². The highest BCUT2D eigenvalue weighted by Gasteiger charge is 1.86. The predicted octanol–water partition coefficient (Wildman–Crippen LogP) is 4.21. The first-order valence-corrected chi connectivity index (χ1v) is 5.30. The summed E-state index contributed by atoms with van der Waals surface area (Å²) < 4.78 is 0. The molecule has 0 aliphatic heterocycles. The van der Waals surface area contributed by atoms with E-state index in [9.17, 15) is 0 Å². The second-order valence-electron chi connectivity index (χ2n) is 3.39. The molecule has 0 aromatic heterocycles. The second kappa shape index (κ2) is 7.85. The molecule has 0 heteroatoms. The first kappa shape index (κ1) is 10.3. The number of hydrogen-bond donors (Lipinski definition) is 0. The Kier molecular flexibility index (Phi) is 6.22. The van der Waals surface area contributed by atoms with Gasteiger partial charge in [0, 0.05) is 0 Å². The van der Waals surface area contributed by atoms with Crippen molar-refractivity contribution in [2.45, 2.75) is 38.5 Å². The molecule has 0 atom stereocenters. The van der Waals surface area contributed by atoms with Crippen LogP contribution in [0.4, 0.5) is 0 Å². The van der Waals surface area contributed by atoms with Crippen molar-refractivity contribution < 1.29 is 0 Å². The van der Waals surface area contributed by atoms with Crippen LogP contribution in [0.1, 0.15) is 38.5 Å². The molecule has 13 heavy (non-hydrogen) atoms. The van der Waals surface area contributed by atoms with E-state index in [1.54, 1.807) is 0 Å². The van der Waals surface area contributed by atoms with Crippen LogP contribution in [0.3, 0.4) is 0 Å². The van der Waals surface area contributed by atoms with Crippen LogP contribution in [0.2, 0.25) is 0 Å². The quantitative estimate of drug-likeness (QED) is 0.517. The monoisotopic (exact) mass is 175 g/mol. The van der Waals surface area contributed by atoms with E-state index in [0.717, 1.165) is 6.42 Å². The average Bonchev–Trinajstić information content (AvgIpc) is 2.18. The molecule has 0 aromatic rings. The highest BCUT2D eigenvalue weighted by Crippen LogP contribution is 2.05. The van der Waals surface area contributed by atoms with E-state index in [0.29, 0.717) is 0 Å². The first-order chi connectivity index (χ1) is 6.50. The zero-order valence-electron chi connectivity index (χ0n) is 8.28. The van der Waals surface area contributed by atoms with Gasteiger partial charge in [0.15, 0.2) is 0 Å². The summed E-state index contributed by atoms with van der Waals surface area (Å²) in [7, 11) is 0. The van der Waals surface area contributed by atoms with Crippen LogP contribution >= 0.6 is 0 Å². The molecule has 0 fully saturated rings. The van der Waals surface area contributed by atoms with Gasteiger partial charge in [-0.3, -0.25) is 0 Å². The first-order valence-electron chi connectivity index (χ1n) is 5.30. The molecular formula is C13H19. The molecule has 0 unspecified atom stereocenters. The Balaban J connectivity index is 2.28. The summed E-state index contributed by atoms with van der Waals surface area (Å²) in [4.78, 5) is 0. The molecule has 0 spiro atoms. The van der Waals surface area contributed by atoms with Crippen molar-refractivity contribution in [3.05, 3.63) is 42.9 Å². The van der Waals surface area contributed by atoms with Crippen LogP contribution in [-0.4, -0.2) is 0 Å². The van der Waals surface area contributed by atoms with Crippen molar-refractivity contribution in [1.82, 2.24) is 0 Å². The van der Waals surface area contributed by atoms with E-state index in [1.165, 1.54) is 32.1 Å². The third-order valence-corrected chi connectivity index (χ3v) is 2.17. The van der Waals surface area contributed by atoms with Crippen LogP contribution in [0.5, 0.6) is 0 Å². The largest absolute Gasteiger partial charge is 0.0882 e. The summed E-state index contributed by atoms with van der Waals surface area (Å²) in [6, 6.07) is 0. The molecule has 0 amide bonds. The molecule has 1 aliphatic carbocycles. The molecule has 0 bridgehead atoms. The molecule has 1 aliphatic rings. The number of rotatable bonds is 0. The van der Waals surface area contributed by atoms with Gasteiger partial charge in [-0.15, -0.1) is 0 Å². The topological polar surface area (TPSA) is 0 Å². The van der Waals surface area contributed by atoms with Crippen LogP contribution in [0.15, 0.2) is 36.5 Å². The van der Waals surface area contributed by atoms with Gasteiger partial charge in [0.25, 0.3) is 0 Å². The lowest BCUT2D eigenvalue weighted by Gasteiger charge is -1.94. The molecule has 0 aromatic carbocycles. The molecule has 0 nitrogen and oxygen atoms in total. The maximum absolute atomic E-state index is 2.28.